The van der Waals surface area contributed by atoms with E-state index in [1.54, 1.807) is 0 Å². The Bertz CT molecular complexity index is 262. The van der Waals surface area contributed by atoms with Crippen LogP contribution in [0.5, 0.6) is 0 Å². The van der Waals surface area contributed by atoms with E-state index in [9.17, 15) is 13.2 Å². The van der Waals surface area contributed by atoms with Crippen LogP contribution in [0, 0.1) is 11.2 Å². The van der Waals surface area contributed by atoms with Gasteiger partial charge >= 0.3 is 16.1 Å². The predicted molar refractivity (Wildman–Crippen MR) is 27.0 cm³/mol. The molecule has 0 unspecified atom stereocenters. The lowest BCUT2D eigenvalue weighted by atomic mass is 10.7. The number of carbonyl (C=O) groups is 1. The van der Waals surface area contributed by atoms with Gasteiger partial charge in [0.25, 0.3) is 0 Å². The molecule has 5 nitrogen and oxygen atoms in total. The quantitative estimate of drug-likeness (QED) is 0.338. The second-order valence-corrected chi connectivity index (χ2v) is 2.16. The lowest BCUT2D eigenvalue weighted by molar-refractivity contribution is -0.130. The molecule has 0 atom stereocenters. The van der Waals surface area contributed by atoms with Gasteiger partial charge in [-0.3, -0.25) is 4.55 Å². The maximum atomic E-state index is 9.65. The molecule has 0 rings (SSSR count). The SMILES string of the molecule is O=C(O)C#CS(=O)(=O)O. The van der Waals surface area contributed by atoms with Gasteiger partial charge in [0.1, 0.15) is 0 Å². The van der Waals surface area contributed by atoms with Crippen molar-refractivity contribution < 1.29 is 22.9 Å². The van der Waals surface area contributed by atoms with Crippen molar-refractivity contribution in [3.8, 4) is 11.2 Å². The van der Waals surface area contributed by atoms with Crippen molar-refractivity contribution in [2.75, 3.05) is 0 Å². The summed E-state index contributed by atoms with van der Waals surface area (Å²) < 4.78 is 27.1. The van der Waals surface area contributed by atoms with Crippen LogP contribution in [-0.2, 0) is 14.9 Å². The Morgan fingerprint density at radius 2 is 1.89 bits per heavy atom. The Kier molecular flexibility index (Phi) is 2.19. The van der Waals surface area contributed by atoms with Crippen molar-refractivity contribution in [3.05, 3.63) is 0 Å². The summed E-state index contributed by atoms with van der Waals surface area (Å²) in [6.45, 7) is 0. The maximum absolute atomic E-state index is 9.65. The van der Waals surface area contributed by atoms with Crippen LogP contribution < -0.4 is 0 Å². The van der Waals surface area contributed by atoms with E-state index >= 15 is 0 Å². The molecular formula is C3H2O5S. The van der Waals surface area contributed by atoms with Crippen LogP contribution in [0.25, 0.3) is 0 Å². The molecule has 0 bridgehead atoms. The van der Waals surface area contributed by atoms with Gasteiger partial charge in [-0.25, -0.2) is 4.79 Å². The van der Waals surface area contributed by atoms with Crippen LogP contribution in [0.15, 0.2) is 0 Å². The van der Waals surface area contributed by atoms with Gasteiger partial charge in [-0.1, -0.05) is 0 Å². The summed E-state index contributed by atoms with van der Waals surface area (Å²) in [5, 5.41) is 8.83. The predicted octanol–water partition coefficient (Wildman–Crippen LogP) is -1.08. The smallest absolute Gasteiger partial charge is 0.383 e. The Labute approximate surface area is 51.1 Å². The van der Waals surface area contributed by atoms with Crippen molar-refractivity contribution in [2.24, 2.45) is 0 Å². The van der Waals surface area contributed by atoms with Crippen molar-refractivity contribution in [1.29, 1.82) is 0 Å². The first-order valence-corrected chi connectivity index (χ1v) is 3.09. The molecule has 0 fully saturated rings. The van der Waals surface area contributed by atoms with Gasteiger partial charge in [0, 0.05) is 5.92 Å². The highest BCUT2D eigenvalue weighted by molar-refractivity contribution is 7.90. The largest absolute Gasteiger partial charge is 0.472 e. The summed E-state index contributed by atoms with van der Waals surface area (Å²) in [4.78, 5) is 9.50. The minimum atomic E-state index is -4.46. The average molecular weight is 150 g/mol. The maximum Gasteiger partial charge on any atom is 0.383 e. The Morgan fingerprint density at radius 3 is 2.00 bits per heavy atom. The zero-order valence-corrected chi connectivity index (χ0v) is 4.84. The normalized spacial score (nSPS) is 9.44. The number of hydrogen-bond donors (Lipinski definition) is 2. The highest BCUT2D eigenvalue weighted by atomic mass is 32.2. The summed E-state index contributed by atoms with van der Waals surface area (Å²) in [6.07, 6.45) is 0. The van der Waals surface area contributed by atoms with Crippen LogP contribution in [-0.4, -0.2) is 24.0 Å². The molecule has 0 radical (unpaired) electrons. The summed E-state index contributed by atoms with van der Waals surface area (Å²) in [5.41, 5.74) is 0. The second-order valence-electron chi connectivity index (χ2n) is 1.01. The molecule has 0 aliphatic heterocycles. The van der Waals surface area contributed by atoms with Crippen LogP contribution in [0.3, 0.4) is 0 Å². The van der Waals surface area contributed by atoms with Gasteiger partial charge in [-0.2, -0.15) is 8.42 Å². The third-order valence-corrected chi connectivity index (χ3v) is 0.647. The van der Waals surface area contributed by atoms with E-state index < -0.39 is 16.1 Å². The number of carboxylic acids is 1. The van der Waals surface area contributed by atoms with Crippen LogP contribution in [0.2, 0.25) is 0 Å². The van der Waals surface area contributed by atoms with E-state index in [-0.39, 0.29) is 0 Å². The van der Waals surface area contributed by atoms with E-state index in [4.69, 9.17) is 9.66 Å². The van der Waals surface area contributed by atoms with Gasteiger partial charge in [0.15, 0.2) is 0 Å². The lowest BCUT2D eigenvalue weighted by Crippen LogP contribution is -1.94. The molecule has 0 aliphatic rings. The number of rotatable bonds is 0. The van der Waals surface area contributed by atoms with Crippen LogP contribution in [0.4, 0.5) is 0 Å². The third-order valence-electron chi connectivity index (χ3n) is 0.287. The van der Waals surface area contributed by atoms with Gasteiger partial charge in [-0.05, 0) is 0 Å². The molecule has 6 heteroatoms. The number of hydrogen-bond acceptors (Lipinski definition) is 3. The van der Waals surface area contributed by atoms with E-state index in [1.165, 1.54) is 5.92 Å². The minimum Gasteiger partial charge on any atom is -0.472 e. The Balaban J connectivity index is 4.42. The van der Waals surface area contributed by atoms with Crippen LogP contribution >= 0.6 is 0 Å². The second kappa shape index (κ2) is 2.48. The molecular weight excluding hydrogens is 148 g/mol. The lowest BCUT2D eigenvalue weighted by Gasteiger charge is -1.73. The molecule has 0 spiro atoms. The molecule has 0 saturated carbocycles. The molecule has 2 N–H and O–H groups in total. The zero-order chi connectivity index (χ0) is 7.49. The Hall–Kier alpha value is -1.06. The highest BCUT2D eigenvalue weighted by Gasteiger charge is 1.94. The van der Waals surface area contributed by atoms with E-state index in [1.807, 2.05) is 0 Å². The molecule has 0 saturated heterocycles. The topological polar surface area (TPSA) is 91.7 Å². The van der Waals surface area contributed by atoms with Gasteiger partial charge in [0.2, 0.25) is 0 Å². The molecule has 0 aromatic heterocycles. The van der Waals surface area contributed by atoms with E-state index in [0.717, 1.165) is 5.25 Å². The van der Waals surface area contributed by atoms with Gasteiger partial charge in [-0.15, -0.1) is 0 Å². The fourth-order valence-electron chi connectivity index (χ4n) is 0.108. The first kappa shape index (κ1) is 7.94. The van der Waals surface area contributed by atoms with Crippen LogP contribution in [0.1, 0.15) is 0 Å². The monoisotopic (exact) mass is 150 g/mol. The van der Waals surface area contributed by atoms with Gasteiger partial charge in [0.05, 0.1) is 5.25 Å². The highest BCUT2D eigenvalue weighted by Crippen LogP contribution is 1.72. The van der Waals surface area contributed by atoms with Crippen molar-refractivity contribution in [1.82, 2.24) is 0 Å². The molecule has 9 heavy (non-hydrogen) atoms. The Morgan fingerprint density at radius 1 is 1.44 bits per heavy atom. The minimum absolute atomic E-state index is 1.10. The standard InChI is InChI=1S/C3H2O5S/c4-3(5)1-2-9(6,7)8/h(H,4,5)(H,6,7,8). The summed E-state index contributed by atoms with van der Waals surface area (Å²) in [5.74, 6) is -0.390. The number of aliphatic carboxylic acids is 1. The number of carboxylic acid groups (broad SMARTS) is 1. The van der Waals surface area contributed by atoms with E-state index in [2.05, 4.69) is 0 Å². The summed E-state index contributed by atoms with van der Waals surface area (Å²) in [7, 11) is -4.46. The molecule has 0 aromatic carbocycles. The third kappa shape index (κ3) is 6.94. The van der Waals surface area contributed by atoms with Crippen molar-refractivity contribution >= 4 is 16.1 Å². The molecule has 50 valence electrons. The van der Waals surface area contributed by atoms with Crippen molar-refractivity contribution in [2.45, 2.75) is 0 Å². The first-order chi connectivity index (χ1) is 3.92. The molecule has 0 aliphatic carbocycles. The summed E-state index contributed by atoms with van der Waals surface area (Å²) >= 11 is 0. The van der Waals surface area contributed by atoms with Gasteiger partial charge < -0.3 is 5.11 Å². The zero-order valence-electron chi connectivity index (χ0n) is 4.03. The van der Waals surface area contributed by atoms with E-state index in [0.29, 0.717) is 0 Å². The fraction of sp³-hybridized carbons (Fsp3) is 0. The first-order valence-electron chi connectivity index (χ1n) is 1.65. The molecule has 0 heterocycles. The average Bonchev–Trinajstić information content (AvgIpc) is 1.59. The summed E-state index contributed by atoms with van der Waals surface area (Å²) in [6, 6.07) is 0. The fourth-order valence-corrected chi connectivity index (χ4v) is 0.324. The molecule has 0 aromatic rings. The molecule has 0 amide bonds. The van der Waals surface area contributed by atoms with Crippen molar-refractivity contribution in [3.63, 3.8) is 0 Å².